The van der Waals surface area contributed by atoms with Crippen LogP contribution >= 0.6 is 12.4 Å². The van der Waals surface area contributed by atoms with Gasteiger partial charge in [-0.1, -0.05) is 0 Å². The third-order valence-electron chi connectivity index (χ3n) is 3.16. The van der Waals surface area contributed by atoms with E-state index in [0.717, 1.165) is 0 Å². The van der Waals surface area contributed by atoms with Crippen LogP contribution in [0.4, 0.5) is 14.5 Å². The van der Waals surface area contributed by atoms with Crippen LogP contribution in [-0.2, 0) is 4.79 Å². The summed E-state index contributed by atoms with van der Waals surface area (Å²) in [5.74, 6) is -2.29. The van der Waals surface area contributed by atoms with Crippen LogP contribution in [0.1, 0.15) is 13.3 Å². The average Bonchev–Trinajstić information content (AvgIpc) is 2.80. The smallest absolute Gasteiger partial charge is 0.262 e. The maximum atomic E-state index is 13.1. The average molecular weight is 337 g/mol. The van der Waals surface area contributed by atoms with Gasteiger partial charge in [0.2, 0.25) is 5.91 Å². The quantitative estimate of drug-likeness (QED) is 0.867. The van der Waals surface area contributed by atoms with Gasteiger partial charge in [-0.2, -0.15) is 0 Å². The summed E-state index contributed by atoms with van der Waals surface area (Å²) >= 11 is 0. The van der Waals surface area contributed by atoms with E-state index in [0.29, 0.717) is 23.8 Å². The number of hydrogen-bond acceptors (Lipinski definition) is 4. The Morgan fingerprint density at radius 3 is 2.73 bits per heavy atom. The number of ether oxygens (including phenoxy) is 2. The number of halogens is 3. The van der Waals surface area contributed by atoms with E-state index in [1.54, 1.807) is 18.2 Å². The number of carbonyl (C=O) groups is 1. The van der Waals surface area contributed by atoms with Gasteiger partial charge in [0.25, 0.3) is 5.92 Å². The van der Waals surface area contributed by atoms with Gasteiger partial charge in [0.05, 0.1) is 26.3 Å². The monoisotopic (exact) mass is 336 g/mol. The fourth-order valence-electron chi connectivity index (χ4n) is 2.15. The maximum Gasteiger partial charge on any atom is 0.262 e. The molecule has 22 heavy (non-hydrogen) atoms. The molecule has 2 rings (SSSR count). The topological polar surface area (TPSA) is 59.6 Å². The molecule has 1 amide bonds. The molecule has 2 N–H and O–H groups in total. The van der Waals surface area contributed by atoms with Gasteiger partial charge in [-0.05, 0) is 19.1 Å². The normalized spacial score (nSPS) is 19.2. The van der Waals surface area contributed by atoms with Crippen molar-refractivity contribution >= 4 is 24.0 Å². The second-order valence-corrected chi connectivity index (χ2v) is 4.78. The molecule has 1 saturated heterocycles. The van der Waals surface area contributed by atoms with E-state index in [4.69, 9.17) is 9.47 Å². The molecule has 0 spiro atoms. The predicted octanol–water partition coefficient (Wildman–Crippen LogP) is 2.45. The number of benzene rings is 1. The van der Waals surface area contributed by atoms with Crippen molar-refractivity contribution in [3.63, 3.8) is 0 Å². The first-order chi connectivity index (χ1) is 9.95. The summed E-state index contributed by atoms with van der Waals surface area (Å²) in [6.45, 7) is 1.80. The van der Waals surface area contributed by atoms with Crippen molar-refractivity contribution in [1.29, 1.82) is 0 Å². The largest absolute Gasteiger partial charge is 0.493 e. The Balaban J connectivity index is 0.00000242. The Hall–Kier alpha value is -1.60. The summed E-state index contributed by atoms with van der Waals surface area (Å²) in [6.07, 6.45) is -0.493. The van der Waals surface area contributed by atoms with Crippen LogP contribution < -0.4 is 20.1 Å². The van der Waals surface area contributed by atoms with Gasteiger partial charge in [-0.25, -0.2) is 8.78 Å². The molecule has 1 unspecified atom stereocenters. The standard InChI is InChI=1S/C14H18F2N2O3.ClH/c1-3-21-12-6-9(4-5-11(12)20-2)18-13(19)10-7-14(15,16)8-17-10;/h4-6,10,17H,3,7-8H2,1-2H3,(H,18,19);1H. The number of anilines is 1. The number of nitrogens with one attached hydrogen (secondary N) is 2. The first-order valence-corrected chi connectivity index (χ1v) is 6.68. The van der Waals surface area contributed by atoms with E-state index < -0.39 is 30.8 Å². The molecule has 0 aliphatic carbocycles. The number of carbonyl (C=O) groups excluding carboxylic acids is 1. The van der Waals surface area contributed by atoms with Crippen LogP contribution in [0, 0.1) is 0 Å². The Morgan fingerprint density at radius 2 is 2.18 bits per heavy atom. The zero-order chi connectivity index (χ0) is 15.5. The van der Waals surface area contributed by atoms with Gasteiger partial charge in [0.1, 0.15) is 0 Å². The van der Waals surface area contributed by atoms with Crippen LogP contribution in [0.15, 0.2) is 18.2 Å². The predicted molar refractivity (Wildman–Crippen MR) is 81.4 cm³/mol. The Kier molecular flexibility index (Phi) is 6.37. The van der Waals surface area contributed by atoms with E-state index in [1.807, 2.05) is 6.92 Å². The molecule has 1 fully saturated rings. The van der Waals surface area contributed by atoms with Crippen LogP contribution in [0.2, 0.25) is 0 Å². The molecule has 1 aliphatic rings. The molecule has 0 aromatic heterocycles. The van der Waals surface area contributed by atoms with Crippen molar-refractivity contribution in [3.8, 4) is 11.5 Å². The zero-order valence-corrected chi connectivity index (χ0v) is 13.1. The third-order valence-corrected chi connectivity index (χ3v) is 3.16. The lowest BCUT2D eigenvalue weighted by atomic mass is 10.1. The number of hydrogen-bond donors (Lipinski definition) is 2. The SMILES string of the molecule is CCOc1cc(NC(=O)C2CC(F)(F)CN2)ccc1OC.Cl. The number of rotatable bonds is 5. The summed E-state index contributed by atoms with van der Waals surface area (Å²) in [7, 11) is 1.51. The molecule has 1 atom stereocenters. The van der Waals surface area contributed by atoms with Crippen LogP contribution in [0.3, 0.4) is 0 Å². The number of amides is 1. The minimum absolute atomic E-state index is 0. The molecule has 5 nitrogen and oxygen atoms in total. The van der Waals surface area contributed by atoms with E-state index in [1.165, 1.54) is 7.11 Å². The summed E-state index contributed by atoms with van der Waals surface area (Å²) < 4.78 is 36.7. The van der Waals surface area contributed by atoms with Crippen LogP contribution in [-0.4, -0.2) is 38.1 Å². The fraction of sp³-hybridized carbons (Fsp3) is 0.500. The van der Waals surface area contributed by atoms with E-state index in [9.17, 15) is 13.6 Å². The van der Waals surface area contributed by atoms with Gasteiger partial charge in [0.15, 0.2) is 11.5 Å². The Morgan fingerprint density at radius 1 is 1.45 bits per heavy atom. The number of alkyl halides is 2. The highest BCUT2D eigenvalue weighted by molar-refractivity contribution is 5.95. The first kappa shape index (κ1) is 18.4. The summed E-state index contributed by atoms with van der Waals surface area (Å²) in [6, 6.07) is 3.99. The maximum absolute atomic E-state index is 13.1. The molecule has 8 heteroatoms. The second kappa shape index (κ2) is 7.60. The molecule has 0 saturated carbocycles. The summed E-state index contributed by atoms with van der Waals surface area (Å²) in [4.78, 5) is 11.9. The third kappa shape index (κ3) is 4.45. The first-order valence-electron chi connectivity index (χ1n) is 6.68. The lowest BCUT2D eigenvalue weighted by Gasteiger charge is -2.14. The molecular formula is C14H19ClF2N2O3. The lowest BCUT2D eigenvalue weighted by molar-refractivity contribution is -0.118. The van der Waals surface area contributed by atoms with Crippen molar-refractivity contribution in [2.45, 2.75) is 25.3 Å². The Bertz CT molecular complexity index is 529. The summed E-state index contributed by atoms with van der Waals surface area (Å²) in [5.41, 5.74) is 0.473. The van der Waals surface area contributed by atoms with Crippen LogP contribution in [0.25, 0.3) is 0 Å². The van der Waals surface area contributed by atoms with Crippen molar-refractivity contribution in [3.05, 3.63) is 18.2 Å². The van der Waals surface area contributed by atoms with Crippen LogP contribution in [0.5, 0.6) is 11.5 Å². The molecule has 1 aromatic carbocycles. The van der Waals surface area contributed by atoms with Gasteiger partial charge >= 0.3 is 0 Å². The van der Waals surface area contributed by atoms with Crippen molar-refractivity contribution < 1.29 is 23.0 Å². The highest BCUT2D eigenvalue weighted by Crippen LogP contribution is 2.31. The Labute approximate surface area is 133 Å². The zero-order valence-electron chi connectivity index (χ0n) is 12.3. The van der Waals surface area contributed by atoms with E-state index in [2.05, 4.69) is 10.6 Å². The van der Waals surface area contributed by atoms with E-state index in [-0.39, 0.29) is 12.4 Å². The van der Waals surface area contributed by atoms with Crippen molar-refractivity contribution in [2.75, 3.05) is 25.6 Å². The number of methoxy groups -OCH3 is 1. The van der Waals surface area contributed by atoms with Gasteiger partial charge in [-0.3, -0.25) is 10.1 Å². The molecule has 1 heterocycles. The van der Waals surface area contributed by atoms with Gasteiger partial charge in [0, 0.05) is 18.2 Å². The molecule has 0 radical (unpaired) electrons. The molecule has 1 aromatic rings. The molecule has 1 aliphatic heterocycles. The second-order valence-electron chi connectivity index (χ2n) is 4.78. The summed E-state index contributed by atoms with van der Waals surface area (Å²) in [5, 5.41) is 5.11. The minimum Gasteiger partial charge on any atom is -0.493 e. The van der Waals surface area contributed by atoms with Gasteiger partial charge < -0.3 is 14.8 Å². The lowest BCUT2D eigenvalue weighted by Crippen LogP contribution is -2.35. The van der Waals surface area contributed by atoms with E-state index >= 15 is 0 Å². The highest BCUT2D eigenvalue weighted by Gasteiger charge is 2.42. The fourth-order valence-corrected chi connectivity index (χ4v) is 2.15. The van der Waals surface area contributed by atoms with Gasteiger partial charge in [-0.15, -0.1) is 12.4 Å². The van der Waals surface area contributed by atoms with Crippen molar-refractivity contribution in [2.24, 2.45) is 0 Å². The molecule has 124 valence electrons. The molecular weight excluding hydrogens is 318 g/mol. The molecule has 0 bridgehead atoms. The highest BCUT2D eigenvalue weighted by atomic mass is 35.5. The van der Waals surface area contributed by atoms with Crippen molar-refractivity contribution in [1.82, 2.24) is 5.32 Å². The minimum atomic E-state index is -2.83.